The summed E-state index contributed by atoms with van der Waals surface area (Å²) in [6, 6.07) is 2.34. The monoisotopic (exact) mass is 407 g/mol. The van der Waals surface area contributed by atoms with Gasteiger partial charge in [0, 0.05) is 32.4 Å². The molecule has 8 nitrogen and oxygen atoms in total. The molecule has 2 aromatic rings. The van der Waals surface area contributed by atoms with Gasteiger partial charge in [-0.2, -0.15) is 4.31 Å². The quantitative estimate of drug-likeness (QED) is 0.783. The highest BCUT2D eigenvalue weighted by atomic mass is 32.2. The number of anilines is 1. The smallest absolute Gasteiger partial charge is 0.214 e. The zero-order chi connectivity index (χ0) is 19.7. The molecule has 9 heteroatoms. The molecule has 154 valence electrons. The molecule has 1 aliphatic heterocycles. The van der Waals surface area contributed by atoms with Crippen LogP contribution in [0.5, 0.6) is 0 Å². The largest absolute Gasteiger partial charge is 0.392 e. The van der Waals surface area contributed by atoms with Crippen LogP contribution in [0.2, 0.25) is 0 Å². The lowest BCUT2D eigenvalue weighted by Gasteiger charge is -2.36. The van der Waals surface area contributed by atoms with Crippen molar-refractivity contribution in [2.75, 3.05) is 30.8 Å². The molecule has 2 aromatic heterocycles. The summed E-state index contributed by atoms with van der Waals surface area (Å²) < 4.78 is 27.0. The lowest BCUT2D eigenvalue weighted by Crippen LogP contribution is -2.45. The molecular formula is C19H29N5O3S. The first-order valence-corrected chi connectivity index (χ1v) is 11.7. The SMILES string of the molecule is CN(c1ncnc2[nH]ccc12)C1CCC(CS(=O)(=O)N2CCC[C@H](O)C2)CC1. The van der Waals surface area contributed by atoms with E-state index in [1.165, 1.54) is 4.31 Å². The molecule has 0 amide bonds. The van der Waals surface area contributed by atoms with Gasteiger partial charge >= 0.3 is 0 Å². The second-order valence-electron chi connectivity index (χ2n) is 8.16. The van der Waals surface area contributed by atoms with E-state index in [9.17, 15) is 13.5 Å². The number of aromatic nitrogens is 3. The molecule has 1 saturated heterocycles. The van der Waals surface area contributed by atoms with Gasteiger partial charge in [0.25, 0.3) is 0 Å². The van der Waals surface area contributed by atoms with Crippen LogP contribution in [0.25, 0.3) is 11.0 Å². The van der Waals surface area contributed by atoms with E-state index in [1.54, 1.807) is 6.33 Å². The zero-order valence-electron chi connectivity index (χ0n) is 16.3. The van der Waals surface area contributed by atoms with Crippen LogP contribution in [0.15, 0.2) is 18.6 Å². The lowest BCUT2D eigenvalue weighted by molar-refractivity contribution is 0.107. The van der Waals surface area contributed by atoms with E-state index < -0.39 is 16.1 Å². The van der Waals surface area contributed by atoms with Gasteiger partial charge < -0.3 is 15.0 Å². The summed E-state index contributed by atoms with van der Waals surface area (Å²) in [5.41, 5.74) is 0.834. The molecule has 2 aliphatic rings. The molecule has 2 fully saturated rings. The van der Waals surface area contributed by atoms with E-state index in [0.717, 1.165) is 49.0 Å². The Balaban J connectivity index is 1.36. The molecule has 1 atom stereocenters. The first-order valence-electron chi connectivity index (χ1n) is 10.1. The Kier molecular flexibility index (Phi) is 5.57. The molecule has 1 saturated carbocycles. The van der Waals surface area contributed by atoms with Gasteiger partial charge in [0.05, 0.1) is 17.2 Å². The summed E-state index contributed by atoms with van der Waals surface area (Å²) >= 11 is 0. The zero-order valence-corrected chi connectivity index (χ0v) is 17.1. The normalized spacial score (nSPS) is 27.1. The Bertz CT molecular complexity index is 907. The van der Waals surface area contributed by atoms with E-state index >= 15 is 0 Å². The Morgan fingerprint density at radius 3 is 2.79 bits per heavy atom. The number of piperidine rings is 1. The van der Waals surface area contributed by atoms with Crippen LogP contribution in [-0.4, -0.2) is 70.8 Å². The van der Waals surface area contributed by atoms with E-state index in [1.807, 2.05) is 12.3 Å². The summed E-state index contributed by atoms with van der Waals surface area (Å²) in [4.78, 5) is 14.0. The number of hydrogen-bond acceptors (Lipinski definition) is 6. The Labute approximate surface area is 166 Å². The highest BCUT2D eigenvalue weighted by molar-refractivity contribution is 7.89. The second-order valence-corrected chi connectivity index (χ2v) is 10.2. The number of β-amino-alcohol motifs (C(OH)–C–C–N with tert-alkyl or cyclic N) is 1. The van der Waals surface area contributed by atoms with E-state index in [0.29, 0.717) is 19.0 Å². The van der Waals surface area contributed by atoms with Crippen molar-refractivity contribution in [3.05, 3.63) is 18.6 Å². The van der Waals surface area contributed by atoms with Crippen LogP contribution in [0.1, 0.15) is 38.5 Å². The van der Waals surface area contributed by atoms with Gasteiger partial charge in [-0.15, -0.1) is 0 Å². The summed E-state index contributed by atoms with van der Waals surface area (Å²) in [5, 5.41) is 10.8. The van der Waals surface area contributed by atoms with Gasteiger partial charge in [0.2, 0.25) is 10.0 Å². The summed E-state index contributed by atoms with van der Waals surface area (Å²) in [6.07, 6.45) is 8.06. The minimum absolute atomic E-state index is 0.186. The van der Waals surface area contributed by atoms with Crippen molar-refractivity contribution < 1.29 is 13.5 Å². The van der Waals surface area contributed by atoms with Crippen molar-refractivity contribution in [3.63, 3.8) is 0 Å². The number of rotatable bonds is 5. The molecule has 0 bridgehead atoms. The van der Waals surface area contributed by atoms with Crippen LogP contribution >= 0.6 is 0 Å². The molecule has 0 unspecified atom stereocenters. The molecule has 3 heterocycles. The highest BCUT2D eigenvalue weighted by Crippen LogP contribution is 2.32. The fourth-order valence-electron chi connectivity index (χ4n) is 4.59. The van der Waals surface area contributed by atoms with Crippen molar-refractivity contribution in [2.45, 2.75) is 50.7 Å². The maximum atomic E-state index is 12.7. The third kappa shape index (κ3) is 4.01. The molecular weight excluding hydrogens is 378 g/mol. The molecule has 0 aromatic carbocycles. The van der Waals surface area contributed by atoms with Gasteiger partial charge in [0.1, 0.15) is 17.8 Å². The van der Waals surface area contributed by atoms with Crippen molar-refractivity contribution in [3.8, 4) is 0 Å². The van der Waals surface area contributed by atoms with Crippen molar-refractivity contribution in [1.29, 1.82) is 0 Å². The van der Waals surface area contributed by atoms with Gasteiger partial charge in [-0.3, -0.25) is 0 Å². The van der Waals surface area contributed by atoms with Crippen LogP contribution in [0.3, 0.4) is 0 Å². The molecule has 28 heavy (non-hydrogen) atoms. The van der Waals surface area contributed by atoms with Crippen LogP contribution in [-0.2, 0) is 10.0 Å². The van der Waals surface area contributed by atoms with E-state index in [2.05, 4.69) is 26.9 Å². The summed E-state index contributed by atoms with van der Waals surface area (Å²) in [6.45, 7) is 0.790. The van der Waals surface area contributed by atoms with E-state index in [4.69, 9.17) is 0 Å². The molecule has 1 aliphatic carbocycles. The van der Waals surface area contributed by atoms with Gasteiger partial charge in [-0.05, 0) is 50.5 Å². The fraction of sp³-hybridized carbons (Fsp3) is 0.684. The average Bonchev–Trinajstić information content (AvgIpc) is 3.17. The number of aliphatic hydroxyl groups is 1. The van der Waals surface area contributed by atoms with Crippen molar-refractivity contribution >= 4 is 26.9 Å². The first-order chi connectivity index (χ1) is 13.4. The number of nitrogens with zero attached hydrogens (tertiary/aromatic N) is 4. The van der Waals surface area contributed by atoms with Crippen LogP contribution in [0.4, 0.5) is 5.82 Å². The number of hydrogen-bond donors (Lipinski definition) is 2. The molecule has 4 rings (SSSR count). The number of nitrogens with one attached hydrogen (secondary N) is 1. The average molecular weight is 408 g/mol. The predicted molar refractivity (Wildman–Crippen MR) is 109 cm³/mol. The van der Waals surface area contributed by atoms with Gasteiger partial charge in [-0.1, -0.05) is 0 Å². The number of aliphatic hydroxyl groups excluding tert-OH is 1. The standard InChI is InChI=1S/C19H29N5O3S/c1-23(19-17-8-9-20-18(17)21-13-22-19)15-6-4-14(5-7-15)12-28(26,27)24-10-2-3-16(25)11-24/h8-9,13-16,25H,2-7,10-12H2,1H3,(H,20,21,22)/t14?,15?,16-/m0/s1. The lowest BCUT2D eigenvalue weighted by atomic mass is 9.86. The Hall–Kier alpha value is -1.71. The predicted octanol–water partition coefficient (Wildman–Crippen LogP) is 1.74. The van der Waals surface area contributed by atoms with Gasteiger partial charge in [0.15, 0.2) is 0 Å². The van der Waals surface area contributed by atoms with Crippen molar-refractivity contribution in [2.24, 2.45) is 5.92 Å². The minimum atomic E-state index is -3.29. The number of sulfonamides is 1. The second kappa shape index (κ2) is 7.96. The Morgan fingerprint density at radius 1 is 1.25 bits per heavy atom. The maximum absolute atomic E-state index is 12.7. The number of fused-ring (bicyclic) bond motifs is 1. The molecule has 0 spiro atoms. The molecule has 0 radical (unpaired) electrons. The fourth-order valence-corrected chi connectivity index (χ4v) is 6.53. The number of H-pyrrole nitrogens is 1. The first kappa shape index (κ1) is 19.6. The molecule has 2 N–H and O–H groups in total. The number of aromatic amines is 1. The third-order valence-corrected chi connectivity index (χ3v) is 8.24. The van der Waals surface area contributed by atoms with E-state index in [-0.39, 0.29) is 18.2 Å². The maximum Gasteiger partial charge on any atom is 0.214 e. The summed E-state index contributed by atoms with van der Waals surface area (Å²) in [7, 11) is -1.23. The third-order valence-electron chi connectivity index (χ3n) is 6.23. The Morgan fingerprint density at radius 2 is 2.04 bits per heavy atom. The summed E-state index contributed by atoms with van der Waals surface area (Å²) in [5.74, 6) is 1.31. The van der Waals surface area contributed by atoms with Crippen molar-refractivity contribution in [1.82, 2.24) is 19.3 Å². The topological polar surface area (TPSA) is 102 Å². The van der Waals surface area contributed by atoms with Gasteiger partial charge in [-0.25, -0.2) is 18.4 Å². The van der Waals surface area contributed by atoms with Crippen LogP contribution in [0, 0.1) is 5.92 Å². The minimum Gasteiger partial charge on any atom is -0.392 e. The van der Waals surface area contributed by atoms with Crippen LogP contribution < -0.4 is 4.90 Å². The highest BCUT2D eigenvalue weighted by Gasteiger charge is 2.33.